The smallest absolute Gasteiger partial charge is 0.257 e. The zero-order valence-electron chi connectivity index (χ0n) is 15.1. The predicted molar refractivity (Wildman–Crippen MR) is 98.9 cm³/mol. The average Bonchev–Trinajstić information content (AvgIpc) is 2.72. The minimum absolute atomic E-state index is 0.0772. The van der Waals surface area contributed by atoms with Gasteiger partial charge in [-0.3, -0.25) is 9.78 Å². The van der Waals surface area contributed by atoms with Crippen molar-refractivity contribution in [3.8, 4) is 5.75 Å². The van der Waals surface area contributed by atoms with Gasteiger partial charge < -0.3 is 20.1 Å². The molecule has 1 aromatic carbocycles. The number of piperidine rings is 1. The number of halogens is 1. The third-order valence-corrected chi connectivity index (χ3v) is 4.41. The summed E-state index contributed by atoms with van der Waals surface area (Å²) in [6, 6.07) is 9.63. The highest BCUT2D eigenvalue weighted by atomic mass is 19.1. The number of hydrogen-bond acceptors (Lipinski definition) is 5. The molecule has 0 radical (unpaired) electrons. The molecule has 1 amide bonds. The number of rotatable bonds is 7. The first-order chi connectivity index (χ1) is 13.2. The largest absolute Gasteiger partial charge is 0.491 e. The van der Waals surface area contributed by atoms with Gasteiger partial charge in [-0.05, 0) is 43.2 Å². The minimum Gasteiger partial charge on any atom is -0.491 e. The number of aromatic nitrogens is 1. The van der Waals surface area contributed by atoms with E-state index in [-0.39, 0.29) is 24.2 Å². The number of benzene rings is 1. The number of carbonyl (C=O) groups excluding carboxylic acids is 1. The van der Waals surface area contributed by atoms with Gasteiger partial charge in [0.1, 0.15) is 18.2 Å². The predicted octanol–water partition coefficient (Wildman–Crippen LogP) is 2.38. The highest BCUT2D eigenvalue weighted by molar-refractivity contribution is 5.97. The Morgan fingerprint density at radius 3 is 3.00 bits per heavy atom. The second-order valence-electron chi connectivity index (χ2n) is 6.43. The zero-order valence-corrected chi connectivity index (χ0v) is 15.1. The summed E-state index contributed by atoms with van der Waals surface area (Å²) in [5, 5.41) is 0. The highest BCUT2D eigenvalue weighted by Gasteiger charge is 2.27. The van der Waals surface area contributed by atoms with Gasteiger partial charge in [-0.2, -0.15) is 0 Å². The van der Waals surface area contributed by atoms with Gasteiger partial charge in [0, 0.05) is 25.8 Å². The molecule has 144 valence electrons. The van der Waals surface area contributed by atoms with E-state index in [9.17, 15) is 9.18 Å². The van der Waals surface area contributed by atoms with Gasteiger partial charge in [0.2, 0.25) is 0 Å². The van der Waals surface area contributed by atoms with Gasteiger partial charge in [0.15, 0.2) is 0 Å². The SMILES string of the molecule is NCCOc1ccc(F)cc1C(=O)N1CCCC(OCc2ccccn2)C1. The lowest BCUT2D eigenvalue weighted by Crippen LogP contribution is -2.43. The summed E-state index contributed by atoms with van der Waals surface area (Å²) in [5.74, 6) is -0.380. The molecule has 1 atom stereocenters. The number of hydrogen-bond donors (Lipinski definition) is 1. The molecule has 1 aliphatic rings. The van der Waals surface area contributed by atoms with E-state index < -0.39 is 5.82 Å². The first kappa shape index (κ1) is 19.3. The molecule has 0 saturated carbocycles. The quantitative estimate of drug-likeness (QED) is 0.806. The fraction of sp³-hybridized carbons (Fsp3) is 0.400. The summed E-state index contributed by atoms with van der Waals surface area (Å²) in [6.45, 7) is 2.05. The van der Waals surface area contributed by atoms with Crippen LogP contribution < -0.4 is 10.5 Å². The van der Waals surface area contributed by atoms with E-state index in [4.69, 9.17) is 15.2 Å². The van der Waals surface area contributed by atoms with Gasteiger partial charge in [0.25, 0.3) is 5.91 Å². The van der Waals surface area contributed by atoms with Gasteiger partial charge >= 0.3 is 0 Å². The van der Waals surface area contributed by atoms with Crippen molar-refractivity contribution in [1.29, 1.82) is 0 Å². The lowest BCUT2D eigenvalue weighted by atomic mass is 10.1. The molecule has 7 heteroatoms. The summed E-state index contributed by atoms with van der Waals surface area (Å²) in [6.07, 6.45) is 3.34. The Balaban J connectivity index is 1.65. The number of amides is 1. The lowest BCUT2D eigenvalue weighted by Gasteiger charge is -2.33. The first-order valence-electron chi connectivity index (χ1n) is 9.10. The second-order valence-corrected chi connectivity index (χ2v) is 6.43. The molecule has 27 heavy (non-hydrogen) atoms. The van der Waals surface area contributed by atoms with E-state index in [0.717, 1.165) is 18.5 Å². The monoisotopic (exact) mass is 373 g/mol. The van der Waals surface area contributed by atoms with Crippen LogP contribution in [-0.4, -0.2) is 48.1 Å². The van der Waals surface area contributed by atoms with Crippen molar-refractivity contribution in [2.75, 3.05) is 26.2 Å². The molecule has 0 bridgehead atoms. The Hall–Kier alpha value is -2.51. The molecule has 0 aliphatic carbocycles. The van der Waals surface area contributed by atoms with Crippen LogP contribution in [-0.2, 0) is 11.3 Å². The van der Waals surface area contributed by atoms with Gasteiger partial charge in [-0.1, -0.05) is 6.07 Å². The number of likely N-dealkylation sites (tertiary alicyclic amines) is 1. The number of carbonyl (C=O) groups is 1. The third kappa shape index (κ3) is 5.24. The molecule has 1 unspecified atom stereocenters. The Bertz CT molecular complexity index is 757. The van der Waals surface area contributed by atoms with Crippen LogP contribution >= 0.6 is 0 Å². The van der Waals surface area contributed by atoms with Crippen LogP contribution in [0.4, 0.5) is 4.39 Å². The van der Waals surface area contributed by atoms with Gasteiger partial charge in [-0.15, -0.1) is 0 Å². The van der Waals surface area contributed by atoms with E-state index >= 15 is 0 Å². The number of nitrogens with two attached hydrogens (primary N) is 1. The Kier molecular flexibility index (Phi) is 6.73. The topological polar surface area (TPSA) is 77.7 Å². The maximum Gasteiger partial charge on any atom is 0.257 e. The van der Waals surface area contributed by atoms with Crippen LogP contribution in [0, 0.1) is 5.82 Å². The second kappa shape index (κ2) is 9.43. The van der Waals surface area contributed by atoms with Crippen molar-refractivity contribution in [2.24, 2.45) is 5.73 Å². The lowest BCUT2D eigenvalue weighted by molar-refractivity contribution is -0.00795. The average molecular weight is 373 g/mol. The molecule has 3 rings (SSSR count). The maximum atomic E-state index is 13.7. The van der Waals surface area contributed by atoms with Crippen LogP contribution in [0.25, 0.3) is 0 Å². The summed E-state index contributed by atoms with van der Waals surface area (Å²) < 4.78 is 25.1. The molecule has 2 aromatic rings. The van der Waals surface area contributed by atoms with E-state index in [1.165, 1.54) is 18.2 Å². The Morgan fingerprint density at radius 1 is 1.33 bits per heavy atom. The molecule has 1 fully saturated rings. The van der Waals surface area contributed by atoms with Crippen molar-refractivity contribution in [1.82, 2.24) is 9.88 Å². The number of nitrogens with zero attached hydrogens (tertiary/aromatic N) is 2. The maximum absolute atomic E-state index is 13.7. The fourth-order valence-corrected chi connectivity index (χ4v) is 3.08. The molecule has 1 aliphatic heterocycles. The van der Waals surface area contributed by atoms with Crippen molar-refractivity contribution in [3.63, 3.8) is 0 Å². The zero-order chi connectivity index (χ0) is 19.1. The summed E-state index contributed by atoms with van der Waals surface area (Å²) in [5.41, 5.74) is 6.53. The van der Waals surface area contributed by atoms with Crippen LogP contribution in [0.15, 0.2) is 42.6 Å². The molecule has 1 aromatic heterocycles. The van der Waals surface area contributed by atoms with Crippen molar-refractivity contribution < 1.29 is 18.7 Å². The number of pyridine rings is 1. The first-order valence-corrected chi connectivity index (χ1v) is 9.10. The van der Waals surface area contributed by atoms with E-state index in [1.807, 2.05) is 18.2 Å². The van der Waals surface area contributed by atoms with Crippen LogP contribution in [0.3, 0.4) is 0 Å². The molecule has 2 heterocycles. The third-order valence-electron chi connectivity index (χ3n) is 4.41. The summed E-state index contributed by atoms with van der Waals surface area (Å²) in [4.78, 5) is 18.9. The molecule has 6 nitrogen and oxygen atoms in total. The molecule has 0 spiro atoms. The van der Waals surface area contributed by atoms with E-state index in [1.54, 1.807) is 11.1 Å². The summed E-state index contributed by atoms with van der Waals surface area (Å²) in [7, 11) is 0. The van der Waals surface area contributed by atoms with Crippen molar-refractivity contribution >= 4 is 5.91 Å². The molecular formula is C20H24FN3O3. The minimum atomic E-state index is -0.474. The summed E-state index contributed by atoms with van der Waals surface area (Å²) >= 11 is 0. The van der Waals surface area contributed by atoms with Gasteiger partial charge in [0.05, 0.1) is 24.0 Å². The van der Waals surface area contributed by atoms with Gasteiger partial charge in [-0.25, -0.2) is 4.39 Å². The van der Waals surface area contributed by atoms with Crippen LogP contribution in [0.2, 0.25) is 0 Å². The fourth-order valence-electron chi connectivity index (χ4n) is 3.08. The van der Waals surface area contributed by atoms with E-state index in [2.05, 4.69) is 4.98 Å². The van der Waals surface area contributed by atoms with Crippen molar-refractivity contribution in [3.05, 3.63) is 59.7 Å². The standard InChI is InChI=1S/C20H24FN3O3/c21-15-6-7-19(26-11-8-22)18(12-15)20(25)24-10-3-5-17(13-24)27-14-16-4-1-2-9-23-16/h1-2,4,6-7,9,12,17H,3,5,8,10-11,13-14,22H2. The highest BCUT2D eigenvalue weighted by Crippen LogP contribution is 2.24. The van der Waals surface area contributed by atoms with Crippen LogP contribution in [0.5, 0.6) is 5.75 Å². The van der Waals surface area contributed by atoms with Crippen LogP contribution in [0.1, 0.15) is 28.9 Å². The molecule has 1 saturated heterocycles. The molecular weight excluding hydrogens is 349 g/mol. The van der Waals surface area contributed by atoms with E-state index in [0.29, 0.717) is 32.0 Å². The Morgan fingerprint density at radius 2 is 2.22 bits per heavy atom. The van der Waals surface area contributed by atoms with Crippen molar-refractivity contribution in [2.45, 2.75) is 25.6 Å². The molecule has 2 N–H and O–H groups in total. The number of ether oxygens (including phenoxy) is 2. The normalized spacial score (nSPS) is 17.0. The Labute approximate surface area is 158 Å².